The van der Waals surface area contributed by atoms with E-state index in [4.69, 9.17) is 18.9 Å². The van der Waals surface area contributed by atoms with E-state index in [9.17, 15) is 19.2 Å². The van der Waals surface area contributed by atoms with Crippen molar-refractivity contribution in [1.29, 1.82) is 0 Å². The molecule has 0 radical (unpaired) electrons. The second kappa shape index (κ2) is 12.5. The van der Waals surface area contributed by atoms with Crippen LogP contribution in [0.1, 0.15) is 141 Å². The first-order chi connectivity index (χ1) is 19.8. The predicted molar refractivity (Wildman–Crippen MR) is 173 cm³/mol. The Hall–Kier alpha value is -2.12. The van der Waals surface area contributed by atoms with Crippen molar-refractivity contribution in [3.63, 3.8) is 0 Å². The van der Waals surface area contributed by atoms with Crippen molar-refractivity contribution in [3.05, 3.63) is 0 Å². The molecule has 1 saturated heterocycles. The minimum Gasteiger partial charge on any atom is -0.460 e. The zero-order valence-electron chi connectivity index (χ0n) is 27.9. The van der Waals surface area contributed by atoms with Crippen LogP contribution in [-0.2, 0) is 38.1 Å². The molecular weight excluding hydrogens is 572 g/mol. The highest BCUT2D eigenvalue weighted by Crippen LogP contribution is 2.63. The fourth-order valence-corrected chi connectivity index (χ4v) is 8.89. The van der Waals surface area contributed by atoms with Crippen LogP contribution in [0.25, 0.3) is 0 Å². The second-order valence-electron chi connectivity index (χ2n) is 17.1. The van der Waals surface area contributed by atoms with Crippen molar-refractivity contribution < 1.29 is 38.1 Å². The first kappa shape index (κ1) is 37.3. The van der Waals surface area contributed by atoms with E-state index in [1.807, 2.05) is 62.3 Å². The summed E-state index contributed by atoms with van der Waals surface area (Å²) in [5, 5.41) is 0. The maximum atomic E-state index is 13.0. The molecule has 45 heavy (non-hydrogen) atoms. The number of fused-ring (bicyclic) bond motifs is 1. The highest BCUT2D eigenvalue weighted by Gasteiger charge is 2.65. The maximum absolute atomic E-state index is 13.0. The average molecular weight is 635 g/mol. The largest absolute Gasteiger partial charge is 0.460 e. The van der Waals surface area contributed by atoms with Crippen LogP contribution >= 0.6 is 0 Å². The number of esters is 4. The van der Waals surface area contributed by atoms with Gasteiger partial charge in [-0.1, -0.05) is 28.7 Å². The van der Waals surface area contributed by atoms with E-state index in [0.29, 0.717) is 30.1 Å². The molecule has 8 nitrogen and oxygen atoms in total. The Balaban J connectivity index is 0.000000246. The topological polar surface area (TPSA) is 105 Å². The highest BCUT2D eigenvalue weighted by molar-refractivity contribution is 5.80. The molecule has 0 spiro atoms. The number of ether oxygens (including phenoxy) is 4. The minimum absolute atomic E-state index is 0. The number of carbonyl (C=O) groups excluding carboxylic acids is 4. The van der Waals surface area contributed by atoms with Crippen LogP contribution in [0.5, 0.6) is 0 Å². The molecule has 6 saturated carbocycles. The summed E-state index contributed by atoms with van der Waals surface area (Å²) in [6, 6.07) is 0. The van der Waals surface area contributed by atoms with Gasteiger partial charge >= 0.3 is 23.9 Å². The summed E-state index contributed by atoms with van der Waals surface area (Å²) in [4.78, 5) is 49.5. The molecule has 0 amide bonds. The lowest BCUT2D eigenvalue weighted by Crippen LogP contribution is -2.61. The number of hydrogen-bond acceptors (Lipinski definition) is 8. The van der Waals surface area contributed by atoms with E-state index in [1.54, 1.807) is 0 Å². The Morgan fingerprint density at radius 2 is 1.38 bits per heavy atom. The lowest BCUT2D eigenvalue weighted by atomic mass is 9.48. The summed E-state index contributed by atoms with van der Waals surface area (Å²) in [6.07, 6.45) is 8.40. The van der Waals surface area contributed by atoms with Gasteiger partial charge in [-0.2, -0.15) is 0 Å². The van der Waals surface area contributed by atoms with Crippen LogP contribution in [0.3, 0.4) is 0 Å². The van der Waals surface area contributed by atoms with Gasteiger partial charge < -0.3 is 18.9 Å². The van der Waals surface area contributed by atoms with E-state index < -0.39 is 27.4 Å². The standard InChI is InChI=1S/C21H34O4.C14H20O4.2CH4/c1-7-19(5,6)16(22)25-21-11-14-8-15(12-21)10-20(9-14,13-21)17(23)24-18(2,3)4;1-4-14(2,3)13(16)18-10-7-5-8-9(6-7)12(15)17-11(8)10;;/h14-15H,7-13H2,1-6H3;7-11H,4-6H2,1-3H3;2*1H4. The second-order valence-corrected chi connectivity index (χ2v) is 17.1. The van der Waals surface area contributed by atoms with Crippen LogP contribution in [0, 0.1) is 45.8 Å². The molecule has 7 rings (SSSR count). The number of rotatable bonds is 7. The Kier molecular flexibility index (Phi) is 10.4. The molecule has 0 aromatic carbocycles. The molecule has 1 aliphatic heterocycles. The van der Waals surface area contributed by atoms with Gasteiger partial charge in [0.15, 0.2) is 0 Å². The normalized spacial score (nSPS) is 37.0. The zero-order chi connectivity index (χ0) is 31.8. The predicted octanol–water partition coefficient (Wildman–Crippen LogP) is 7.83. The quantitative estimate of drug-likeness (QED) is 0.206. The van der Waals surface area contributed by atoms with E-state index in [0.717, 1.165) is 51.4 Å². The van der Waals surface area contributed by atoms with Gasteiger partial charge in [0.05, 0.1) is 22.2 Å². The zero-order valence-corrected chi connectivity index (χ0v) is 27.9. The Labute approximate surface area is 272 Å². The fraction of sp³-hybridized carbons (Fsp3) is 0.892. The van der Waals surface area contributed by atoms with Gasteiger partial charge in [-0.05, 0) is 118 Å². The smallest absolute Gasteiger partial charge is 0.312 e. The molecule has 0 N–H and O–H groups in total. The van der Waals surface area contributed by atoms with Crippen molar-refractivity contribution in [1.82, 2.24) is 0 Å². The fourth-order valence-electron chi connectivity index (χ4n) is 8.89. The van der Waals surface area contributed by atoms with Gasteiger partial charge in [-0.15, -0.1) is 0 Å². The lowest BCUT2D eigenvalue weighted by molar-refractivity contribution is -0.222. The van der Waals surface area contributed by atoms with Crippen LogP contribution in [-0.4, -0.2) is 47.3 Å². The van der Waals surface area contributed by atoms with Gasteiger partial charge in [-0.25, -0.2) is 0 Å². The van der Waals surface area contributed by atoms with Crippen molar-refractivity contribution in [2.45, 2.75) is 165 Å². The van der Waals surface area contributed by atoms with E-state index in [1.165, 1.54) is 6.42 Å². The summed E-state index contributed by atoms with van der Waals surface area (Å²) in [5.41, 5.74) is -2.31. The van der Waals surface area contributed by atoms with E-state index in [2.05, 4.69) is 0 Å². The SMILES string of the molecule is C.C.CCC(C)(C)C(=O)OC12CC3CC(C1)CC(C(=O)OC(C)(C)C)(C3)C2.CCC(C)(C)C(=O)OC1C2CC3C(=O)OC1C3C2. The van der Waals surface area contributed by atoms with E-state index in [-0.39, 0.29) is 56.9 Å². The molecule has 0 aromatic rings. The third-order valence-corrected chi connectivity index (χ3v) is 11.7. The molecule has 258 valence electrons. The van der Waals surface area contributed by atoms with Crippen molar-refractivity contribution in [2.24, 2.45) is 45.8 Å². The number of carbonyl (C=O) groups is 4. The van der Waals surface area contributed by atoms with E-state index >= 15 is 0 Å². The molecule has 0 aromatic heterocycles. The molecule has 7 atom stereocenters. The van der Waals surface area contributed by atoms with Gasteiger partial charge in [-0.3, -0.25) is 19.2 Å². The van der Waals surface area contributed by atoms with Crippen molar-refractivity contribution >= 4 is 23.9 Å². The van der Waals surface area contributed by atoms with Gasteiger partial charge in [0.1, 0.15) is 23.4 Å². The Morgan fingerprint density at radius 3 is 1.91 bits per heavy atom. The molecule has 8 heteroatoms. The molecule has 1 heterocycles. The summed E-state index contributed by atoms with van der Waals surface area (Å²) in [5.74, 6) is 1.22. The molecule has 6 bridgehead atoms. The van der Waals surface area contributed by atoms with Gasteiger partial charge in [0.25, 0.3) is 0 Å². The molecular formula is C37H62O8. The average Bonchev–Trinajstić information content (AvgIpc) is 3.52. The maximum Gasteiger partial charge on any atom is 0.312 e. The molecule has 6 aliphatic carbocycles. The molecule has 7 unspecified atom stereocenters. The first-order valence-corrected chi connectivity index (χ1v) is 16.7. The summed E-state index contributed by atoms with van der Waals surface area (Å²) >= 11 is 0. The third kappa shape index (κ3) is 6.95. The Morgan fingerprint density at radius 1 is 0.822 bits per heavy atom. The van der Waals surface area contributed by atoms with Crippen LogP contribution in [0.2, 0.25) is 0 Å². The molecule has 7 aliphatic rings. The van der Waals surface area contributed by atoms with Crippen LogP contribution < -0.4 is 0 Å². The van der Waals surface area contributed by atoms with Crippen molar-refractivity contribution in [3.8, 4) is 0 Å². The summed E-state index contributed by atoms with van der Waals surface area (Å²) in [7, 11) is 0. The van der Waals surface area contributed by atoms with Gasteiger partial charge in [0.2, 0.25) is 0 Å². The lowest BCUT2D eigenvalue weighted by Gasteiger charge is -2.60. The third-order valence-electron chi connectivity index (χ3n) is 11.7. The number of hydrogen-bond donors (Lipinski definition) is 0. The highest BCUT2D eigenvalue weighted by atomic mass is 16.6. The van der Waals surface area contributed by atoms with Gasteiger partial charge in [0, 0.05) is 18.3 Å². The van der Waals surface area contributed by atoms with Crippen molar-refractivity contribution in [2.75, 3.05) is 0 Å². The first-order valence-electron chi connectivity index (χ1n) is 16.7. The Bertz CT molecular complexity index is 1130. The summed E-state index contributed by atoms with van der Waals surface area (Å²) in [6.45, 7) is 17.4. The summed E-state index contributed by atoms with van der Waals surface area (Å²) < 4.78 is 23.0. The van der Waals surface area contributed by atoms with Crippen LogP contribution in [0.4, 0.5) is 0 Å². The van der Waals surface area contributed by atoms with Crippen LogP contribution in [0.15, 0.2) is 0 Å². The molecule has 7 fully saturated rings. The monoisotopic (exact) mass is 634 g/mol. The minimum atomic E-state index is -0.478.